The topological polar surface area (TPSA) is 71.0 Å². The molecule has 6 heteroatoms. The van der Waals surface area contributed by atoms with Crippen molar-refractivity contribution >= 4 is 17.3 Å². The maximum absolute atomic E-state index is 13.4. The Bertz CT molecular complexity index is 995. The molecule has 3 aromatic carbocycles. The van der Waals surface area contributed by atoms with E-state index in [1.54, 1.807) is 23.1 Å². The first kappa shape index (κ1) is 17.7. The Labute approximate surface area is 162 Å². The first-order valence-electron chi connectivity index (χ1n) is 8.83. The number of phenols is 1. The minimum atomic E-state index is -0.506. The van der Waals surface area contributed by atoms with Crippen LogP contribution >= 0.6 is 0 Å². The molecule has 1 aliphatic rings. The molecule has 6 nitrogen and oxygen atoms in total. The molecular weight excluding hydrogens is 356 g/mol. The first-order valence-corrected chi connectivity index (χ1v) is 8.83. The molecule has 142 valence electrons. The van der Waals surface area contributed by atoms with E-state index >= 15 is 0 Å². The fraction of sp³-hybridized carbons (Fsp3) is 0.136. The van der Waals surface area contributed by atoms with Crippen molar-refractivity contribution in [1.29, 1.82) is 0 Å². The number of hydrogen-bond donors (Lipinski definition) is 2. The molecule has 0 unspecified atom stereocenters. The number of methoxy groups -OCH3 is 2. The van der Waals surface area contributed by atoms with Gasteiger partial charge in [-0.15, -0.1) is 0 Å². The number of nitrogens with one attached hydrogen (secondary N) is 1. The molecule has 1 aliphatic heterocycles. The number of carbonyl (C=O) groups excluding carboxylic acids is 1. The summed E-state index contributed by atoms with van der Waals surface area (Å²) in [4.78, 5) is 15.0. The molecule has 0 spiro atoms. The molecule has 0 radical (unpaired) electrons. The van der Waals surface area contributed by atoms with Gasteiger partial charge in [0.05, 0.1) is 19.8 Å². The van der Waals surface area contributed by atoms with Gasteiger partial charge in [0.15, 0.2) is 11.5 Å². The number of fused-ring (bicyclic) bond motifs is 1. The number of rotatable bonds is 4. The number of benzene rings is 3. The van der Waals surface area contributed by atoms with Crippen LogP contribution in [0.5, 0.6) is 17.2 Å². The van der Waals surface area contributed by atoms with Crippen LogP contribution in [0.15, 0.2) is 66.7 Å². The Kier molecular flexibility index (Phi) is 4.53. The predicted octanol–water partition coefficient (Wildman–Crippen LogP) is 4.18. The molecule has 0 bridgehead atoms. The first-order chi connectivity index (χ1) is 13.6. The SMILES string of the molecule is COc1cc([C@@H]2Nc3ccccc3C(=O)N2c2ccccc2)cc(OC)c1O. The second-order valence-corrected chi connectivity index (χ2v) is 6.38. The van der Waals surface area contributed by atoms with Gasteiger partial charge in [0, 0.05) is 16.9 Å². The number of hydrogen-bond acceptors (Lipinski definition) is 5. The van der Waals surface area contributed by atoms with Crippen molar-refractivity contribution in [3.8, 4) is 17.2 Å². The lowest BCUT2D eigenvalue weighted by molar-refractivity contribution is 0.0975. The van der Waals surface area contributed by atoms with Gasteiger partial charge in [-0.25, -0.2) is 0 Å². The minimum Gasteiger partial charge on any atom is -0.502 e. The van der Waals surface area contributed by atoms with Crippen LogP contribution in [0.4, 0.5) is 11.4 Å². The van der Waals surface area contributed by atoms with Crippen molar-refractivity contribution in [1.82, 2.24) is 0 Å². The predicted molar refractivity (Wildman–Crippen MR) is 107 cm³/mol. The molecule has 0 saturated carbocycles. The molecule has 0 saturated heterocycles. The Balaban J connectivity index is 1.90. The monoisotopic (exact) mass is 376 g/mol. The molecule has 1 heterocycles. The van der Waals surface area contributed by atoms with Crippen LogP contribution < -0.4 is 19.7 Å². The van der Waals surface area contributed by atoms with Crippen LogP contribution in [-0.2, 0) is 0 Å². The van der Waals surface area contributed by atoms with Gasteiger partial charge < -0.3 is 19.9 Å². The largest absolute Gasteiger partial charge is 0.502 e. The van der Waals surface area contributed by atoms with Crippen LogP contribution in [0, 0.1) is 0 Å². The van der Waals surface area contributed by atoms with Crippen LogP contribution in [0.25, 0.3) is 0 Å². The van der Waals surface area contributed by atoms with Crippen LogP contribution in [0.2, 0.25) is 0 Å². The molecule has 0 aromatic heterocycles. The third-order valence-corrected chi connectivity index (χ3v) is 4.78. The summed E-state index contributed by atoms with van der Waals surface area (Å²) in [5, 5.41) is 13.7. The zero-order valence-corrected chi connectivity index (χ0v) is 15.5. The lowest BCUT2D eigenvalue weighted by atomic mass is 10.0. The fourth-order valence-electron chi connectivity index (χ4n) is 3.41. The van der Waals surface area contributed by atoms with E-state index < -0.39 is 6.17 Å². The summed E-state index contributed by atoms with van der Waals surface area (Å²) in [6.07, 6.45) is -0.506. The highest BCUT2D eigenvalue weighted by molar-refractivity contribution is 6.12. The maximum atomic E-state index is 13.4. The minimum absolute atomic E-state index is 0.0810. The summed E-state index contributed by atoms with van der Waals surface area (Å²) in [6.45, 7) is 0. The number of phenolic OH excluding ortho intramolecular Hbond substituents is 1. The molecule has 0 fully saturated rings. The van der Waals surface area contributed by atoms with E-state index in [1.165, 1.54) is 14.2 Å². The van der Waals surface area contributed by atoms with Gasteiger partial charge in [0.25, 0.3) is 5.91 Å². The van der Waals surface area contributed by atoms with Crippen molar-refractivity contribution in [2.45, 2.75) is 6.17 Å². The second kappa shape index (κ2) is 7.15. The fourth-order valence-corrected chi connectivity index (χ4v) is 3.41. The highest BCUT2D eigenvalue weighted by atomic mass is 16.5. The molecule has 3 aromatic rings. The summed E-state index contributed by atoms with van der Waals surface area (Å²) < 4.78 is 10.6. The third-order valence-electron chi connectivity index (χ3n) is 4.78. The van der Waals surface area contributed by atoms with E-state index in [1.807, 2.05) is 48.5 Å². The summed E-state index contributed by atoms with van der Waals surface area (Å²) in [7, 11) is 2.95. The van der Waals surface area contributed by atoms with E-state index in [4.69, 9.17) is 9.47 Å². The highest BCUT2D eigenvalue weighted by Gasteiger charge is 2.34. The van der Waals surface area contributed by atoms with E-state index in [-0.39, 0.29) is 23.2 Å². The van der Waals surface area contributed by atoms with E-state index in [0.29, 0.717) is 5.56 Å². The molecule has 1 atom stereocenters. The van der Waals surface area contributed by atoms with Gasteiger partial charge >= 0.3 is 0 Å². The normalized spacial score (nSPS) is 15.6. The molecular formula is C22H20N2O4. The lowest BCUT2D eigenvalue weighted by Crippen LogP contribution is -2.43. The zero-order valence-electron chi connectivity index (χ0n) is 15.5. The molecule has 0 aliphatic carbocycles. The molecule has 28 heavy (non-hydrogen) atoms. The van der Waals surface area contributed by atoms with Crippen molar-refractivity contribution in [2.24, 2.45) is 0 Å². The quantitative estimate of drug-likeness (QED) is 0.715. The Hall–Kier alpha value is -3.67. The smallest absolute Gasteiger partial charge is 0.262 e. The average molecular weight is 376 g/mol. The van der Waals surface area contributed by atoms with Crippen LogP contribution in [0.1, 0.15) is 22.1 Å². The van der Waals surface area contributed by atoms with Crippen molar-refractivity contribution in [3.05, 3.63) is 77.9 Å². The highest BCUT2D eigenvalue weighted by Crippen LogP contribution is 2.42. The lowest BCUT2D eigenvalue weighted by Gasteiger charge is -2.38. The third kappa shape index (κ3) is 2.89. The molecule has 4 rings (SSSR count). The van der Waals surface area contributed by atoms with E-state index in [0.717, 1.165) is 16.9 Å². The standard InChI is InChI=1S/C22H20N2O4/c1-27-18-12-14(13-19(28-2)20(18)25)21-23-17-11-7-6-10-16(17)22(26)24(21)15-8-4-3-5-9-15/h3-13,21,23,25H,1-2H3/t21-/m1/s1. The van der Waals surface area contributed by atoms with Gasteiger partial charge in [-0.3, -0.25) is 9.69 Å². The number of anilines is 2. The van der Waals surface area contributed by atoms with Crippen LogP contribution in [-0.4, -0.2) is 25.2 Å². The number of ether oxygens (including phenoxy) is 2. The number of aromatic hydroxyl groups is 1. The summed E-state index contributed by atoms with van der Waals surface area (Å²) in [5.74, 6) is 0.352. The van der Waals surface area contributed by atoms with Gasteiger partial charge in [-0.2, -0.15) is 0 Å². The van der Waals surface area contributed by atoms with Gasteiger partial charge in [-0.05, 0) is 36.4 Å². The maximum Gasteiger partial charge on any atom is 0.262 e. The van der Waals surface area contributed by atoms with Crippen LogP contribution in [0.3, 0.4) is 0 Å². The summed E-state index contributed by atoms with van der Waals surface area (Å²) >= 11 is 0. The van der Waals surface area contributed by atoms with Crippen molar-refractivity contribution in [3.63, 3.8) is 0 Å². The van der Waals surface area contributed by atoms with Crippen molar-refractivity contribution < 1.29 is 19.4 Å². The molecule has 2 N–H and O–H groups in total. The number of nitrogens with zero attached hydrogens (tertiary/aromatic N) is 1. The summed E-state index contributed by atoms with van der Waals surface area (Å²) in [5.41, 5.74) is 2.82. The number of amides is 1. The second-order valence-electron chi connectivity index (χ2n) is 6.38. The van der Waals surface area contributed by atoms with Gasteiger partial charge in [0.2, 0.25) is 5.75 Å². The Morgan fingerprint density at radius 3 is 2.18 bits per heavy atom. The summed E-state index contributed by atoms with van der Waals surface area (Å²) in [6, 6.07) is 20.2. The van der Waals surface area contributed by atoms with Gasteiger partial charge in [0.1, 0.15) is 6.17 Å². The number of para-hydroxylation sites is 2. The van der Waals surface area contributed by atoms with E-state index in [2.05, 4.69) is 5.32 Å². The van der Waals surface area contributed by atoms with Crippen molar-refractivity contribution in [2.75, 3.05) is 24.4 Å². The Morgan fingerprint density at radius 1 is 0.929 bits per heavy atom. The van der Waals surface area contributed by atoms with E-state index in [9.17, 15) is 9.90 Å². The zero-order chi connectivity index (χ0) is 19.7. The Morgan fingerprint density at radius 2 is 1.54 bits per heavy atom. The number of carbonyl (C=O) groups is 1. The average Bonchev–Trinajstić information content (AvgIpc) is 2.74. The van der Waals surface area contributed by atoms with Gasteiger partial charge in [-0.1, -0.05) is 30.3 Å². The molecule has 1 amide bonds.